The Morgan fingerprint density at radius 2 is 2.18 bits per heavy atom. The fraction of sp³-hybridized carbons (Fsp3) is 0.692. The van der Waals surface area contributed by atoms with Crippen molar-refractivity contribution in [3.8, 4) is 5.88 Å². The van der Waals surface area contributed by atoms with Gasteiger partial charge in [0.05, 0.1) is 6.61 Å². The van der Waals surface area contributed by atoms with E-state index in [2.05, 4.69) is 29.1 Å². The molecule has 96 valence electrons. The number of nitrogens with zero attached hydrogens (tertiary/aromatic N) is 2. The fourth-order valence-corrected chi connectivity index (χ4v) is 1.61. The summed E-state index contributed by atoms with van der Waals surface area (Å²) in [6.07, 6.45) is 4.17. The smallest absolute Gasteiger partial charge is 0.225 e. The van der Waals surface area contributed by atoms with Gasteiger partial charge in [0, 0.05) is 18.3 Å². The molecule has 1 unspecified atom stereocenters. The molecule has 4 nitrogen and oxygen atoms in total. The molecule has 0 saturated carbocycles. The SMILES string of the molecule is CCCC(C)COc1nc(NCC)ncc1C. The first-order valence-electron chi connectivity index (χ1n) is 6.37. The Balaban J connectivity index is 2.59. The van der Waals surface area contributed by atoms with Gasteiger partial charge in [-0.05, 0) is 26.2 Å². The van der Waals surface area contributed by atoms with E-state index in [-0.39, 0.29) is 0 Å². The van der Waals surface area contributed by atoms with Crippen molar-refractivity contribution in [2.75, 3.05) is 18.5 Å². The largest absolute Gasteiger partial charge is 0.477 e. The van der Waals surface area contributed by atoms with Crippen molar-refractivity contribution in [2.24, 2.45) is 5.92 Å². The van der Waals surface area contributed by atoms with Gasteiger partial charge in [-0.15, -0.1) is 0 Å². The van der Waals surface area contributed by atoms with E-state index in [1.807, 2.05) is 13.8 Å². The lowest BCUT2D eigenvalue weighted by atomic mass is 10.1. The maximum Gasteiger partial charge on any atom is 0.225 e. The monoisotopic (exact) mass is 237 g/mol. The van der Waals surface area contributed by atoms with E-state index in [1.165, 1.54) is 12.8 Å². The third kappa shape index (κ3) is 4.59. The number of aryl methyl sites for hydroxylation is 1. The first-order chi connectivity index (χ1) is 8.17. The first kappa shape index (κ1) is 13.7. The van der Waals surface area contributed by atoms with Crippen molar-refractivity contribution in [2.45, 2.75) is 40.5 Å². The number of hydrogen-bond acceptors (Lipinski definition) is 4. The number of nitrogens with one attached hydrogen (secondary N) is 1. The highest BCUT2D eigenvalue weighted by Gasteiger charge is 2.07. The molecule has 1 atom stereocenters. The van der Waals surface area contributed by atoms with Gasteiger partial charge in [0.25, 0.3) is 0 Å². The second-order valence-electron chi connectivity index (χ2n) is 4.42. The van der Waals surface area contributed by atoms with Crippen LogP contribution in [-0.2, 0) is 0 Å². The number of hydrogen-bond donors (Lipinski definition) is 1. The van der Waals surface area contributed by atoms with E-state index in [0.29, 0.717) is 17.7 Å². The number of ether oxygens (including phenoxy) is 1. The zero-order chi connectivity index (χ0) is 12.7. The number of anilines is 1. The summed E-state index contributed by atoms with van der Waals surface area (Å²) in [5.41, 5.74) is 0.982. The molecular weight excluding hydrogens is 214 g/mol. The molecule has 0 spiro atoms. The minimum absolute atomic E-state index is 0.567. The highest BCUT2D eigenvalue weighted by molar-refractivity contribution is 5.32. The van der Waals surface area contributed by atoms with Gasteiger partial charge >= 0.3 is 0 Å². The molecule has 17 heavy (non-hydrogen) atoms. The van der Waals surface area contributed by atoms with Crippen LogP contribution < -0.4 is 10.1 Å². The van der Waals surface area contributed by atoms with E-state index < -0.39 is 0 Å². The van der Waals surface area contributed by atoms with Crippen molar-refractivity contribution in [1.29, 1.82) is 0 Å². The molecule has 0 saturated heterocycles. The van der Waals surface area contributed by atoms with Crippen LogP contribution in [0.5, 0.6) is 5.88 Å². The topological polar surface area (TPSA) is 47.0 Å². The van der Waals surface area contributed by atoms with Crippen LogP contribution in [0, 0.1) is 12.8 Å². The summed E-state index contributed by atoms with van der Waals surface area (Å²) in [6.45, 7) is 9.91. The van der Waals surface area contributed by atoms with Crippen molar-refractivity contribution in [3.63, 3.8) is 0 Å². The Kier molecular flexibility index (Phi) is 5.73. The predicted molar refractivity (Wildman–Crippen MR) is 70.5 cm³/mol. The average molecular weight is 237 g/mol. The summed E-state index contributed by atoms with van der Waals surface area (Å²) >= 11 is 0. The highest BCUT2D eigenvalue weighted by Crippen LogP contribution is 2.17. The van der Waals surface area contributed by atoms with E-state index in [1.54, 1.807) is 6.20 Å². The standard InChI is InChI=1S/C13H23N3O/c1-5-7-10(3)9-17-12-11(4)8-15-13(16-12)14-6-2/h8,10H,5-7,9H2,1-4H3,(H,14,15,16). The first-order valence-corrected chi connectivity index (χ1v) is 6.37. The van der Waals surface area contributed by atoms with E-state index in [0.717, 1.165) is 18.7 Å². The lowest BCUT2D eigenvalue weighted by Crippen LogP contribution is -2.11. The molecule has 0 aliphatic heterocycles. The Morgan fingerprint density at radius 1 is 1.41 bits per heavy atom. The van der Waals surface area contributed by atoms with Crippen molar-refractivity contribution < 1.29 is 4.74 Å². The van der Waals surface area contributed by atoms with Crippen molar-refractivity contribution in [3.05, 3.63) is 11.8 Å². The Labute approximate surface area is 104 Å². The Hall–Kier alpha value is -1.32. The van der Waals surface area contributed by atoms with Gasteiger partial charge in [-0.3, -0.25) is 0 Å². The minimum atomic E-state index is 0.567. The van der Waals surface area contributed by atoms with Crippen LogP contribution in [0.2, 0.25) is 0 Å². The lowest BCUT2D eigenvalue weighted by Gasteiger charge is -2.13. The molecule has 4 heteroatoms. The van der Waals surface area contributed by atoms with Gasteiger partial charge in [-0.2, -0.15) is 4.98 Å². The summed E-state index contributed by atoms with van der Waals surface area (Å²) in [5, 5.41) is 3.09. The summed E-state index contributed by atoms with van der Waals surface area (Å²) in [7, 11) is 0. The van der Waals surface area contributed by atoms with Gasteiger partial charge in [0.15, 0.2) is 0 Å². The molecule has 1 aromatic rings. The molecule has 1 heterocycles. The van der Waals surface area contributed by atoms with Crippen LogP contribution in [0.15, 0.2) is 6.20 Å². The van der Waals surface area contributed by atoms with Gasteiger partial charge in [-0.1, -0.05) is 20.3 Å². The van der Waals surface area contributed by atoms with Crippen LogP contribution >= 0.6 is 0 Å². The molecule has 0 amide bonds. The second-order valence-corrected chi connectivity index (χ2v) is 4.42. The minimum Gasteiger partial charge on any atom is -0.477 e. The summed E-state index contributed by atoms with van der Waals surface area (Å²) in [6, 6.07) is 0. The van der Waals surface area contributed by atoms with Crippen LogP contribution in [-0.4, -0.2) is 23.1 Å². The molecule has 1 rings (SSSR count). The summed E-state index contributed by atoms with van der Waals surface area (Å²) in [4.78, 5) is 8.54. The van der Waals surface area contributed by atoms with Crippen LogP contribution in [0.4, 0.5) is 5.95 Å². The maximum absolute atomic E-state index is 5.75. The second kappa shape index (κ2) is 7.09. The highest BCUT2D eigenvalue weighted by atomic mass is 16.5. The van der Waals surface area contributed by atoms with Crippen LogP contribution in [0.3, 0.4) is 0 Å². The van der Waals surface area contributed by atoms with Crippen molar-refractivity contribution >= 4 is 5.95 Å². The van der Waals surface area contributed by atoms with Crippen LogP contribution in [0.25, 0.3) is 0 Å². The quantitative estimate of drug-likeness (QED) is 0.792. The van der Waals surface area contributed by atoms with Gasteiger partial charge in [0.1, 0.15) is 0 Å². The lowest BCUT2D eigenvalue weighted by molar-refractivity contribution is 0.241. The molecule has 0 bridgehead atoms. The van der Waals surface area contributed by atoms with E-state index >= 15 is 0 Å². The zero-order valence-electron chi connectivity index (χ0n) is 11.3. The molecule has 0 fully saturated rings. The molecule has 0 aliphatic carbocycles. The van der Waals surface area contributed by atoms with Crippen LogP contribution in [0.1, 0.15) is 39.2 Å². The van der Waals surface area contributed by atoms with Crippen molar-refractivity contribution in [1.82, 2.24) is 9.97 Å². The average Bonchev–Trinajstić information content (AvgIpc) is 2.30. The molecule has 0 radical (unpaired) electrons. The molecule has 1 aromatic heterocycles. The molecular formula is C13H23N3O. The van der Waals surface area contributed by atoms with E-state index in [4.69, 9.17) is 4.74 Å². The number of aromatic nitrogens is 2. The molecule has 0 aliphatic rings. The molecule has 1 N–H and O–H groups in total. The van der Waals surface area contributed by atoms with Gasteiger partial charge in [0.2, 0.25) is 11.8 Å². The zero-order valence-corrected chi connectivity index (χ0v) is 11.3. The molecule has 0 aromatic carbocycles. The summed E-state index contributed by atoms with van der Waals surface area (Å²) < 4.78 is 5.75. The third-order valence-corrected chi connectivity index (χ3v) is 2.55. The van der Waals surface area contributed by atoms with Gasteiger partial charge in [-0.25, -0.2) is 4.98 Å². The Morgan fingerprint density at radius 3 is 2.82 bits per heavy atom. The van der Waals surface area contributed by atoms with E-state index in [9.17, 15) is 0 Å². The fourth-order valence-electron chi connectivity index (χ4n) is 1.61. The predicted octanol–water partition coefficient (Wildman–Crippen LogP) is 3.03. The normalized spacial score (nSPS) is 12.2. The van der Waals surface area contributed by atoms with Gasteiger partial charge < -0.3 is 10.1 Å². The summed E-state index contributed by atoms with van der Waals surface area (Å²) in [5.74, 6) is 1.90. The third-order valence-electron chi connectivity index (χ3n) is 2.55. The maximum atomic E-state index is 5.75. The Bertz CT molecular complexity index is 341. The number of rotatable bonds is 7.